The molecular weight excluding hydrogens is 284 g/mol. The van der Waals surface area contributed by atoms with Gasteiger partial charge in [0, 0.05) is 19.0 Å². The molecule has 2 N–H and O–H groups in total. The highest BCUT2D eigenvalue weighted by Crippen LogP contribution is 2.20. The van der Waals surface area contributed by atoms with Crippen LogP contribution in [-0.4, -0.2) is 55.1 Å². The molecule has 0 aliphatic carbocycles. The van der Waals surface area contributed by atoms with E-state index < -0.39 is 22.5 Å². The summed E-state index contributed by atoms with van der Waals surface area (Å²) in [6, 6.07) is 0. The van der Waals surface area contributed by atoms with E-state index in [9.17, 15) is 18.0 Å². The Morgan fingerprint density at radius 2 is 1.90 bits per heavy atom. The van der Waals surface area contributed by atoms with E-state index in [4.69, 9.17) is 5.11 Å². The number of piperidine rings is 1. The van der Waals surface area contributed by atoms with Crippen molar-refractivity contribution < 1.29 is 23.1 Å². The fourth-order valence-corrected chi connectivity index (χ4v) is 3.84. The zero-order chi connectivity index (χ0) is 15.2. The number of carboxylic acids is 1. The van der Waals surface area contributed by atoms with Gasteiger partial charge in [-0.15, -0.1) is 0 Å². The Morgan fingerprint density at radius 1 is 1.30 bits per heavy atom. The monoisotopic (exact) mass is 306 g/mol. The third-order valence-corrected chi connectivity index (χ3v) is 5.34. The zero-order valence-electron chi connectivity index (χ0n) is 11.7. The third kappa shape index (κ3) is 5.09. The second-order valence-electron chi connectivity index (χ2n) is 4.95. The number of unbranched alkanes of at least 4 members (excludes halogenated alkanes) is 1. The van der Waals surface area contributed by atoms with Crippen LogP contribution in [0.4, 0.5) is 0 Å². The molecule has 1 fully saturated rings. The van der Waals surface area contributed by atoms with E-state index in [1.54, 1.807) is 0 Å². The van der Waals surface area contributed by atoms with Gasteiger partial charge >= 0.3 is 5.97 Å². The maximum absolute atomic E-state index is 12.0. The topological polar surface area (TPSA) is 104 Å². The molecule has 1 heterocycles. The molecule has 0 aromatic carbocycles. The van der Waals surface area contributed by atoms with Gasteiger partial charge in [-0.05, 0) is 19.3 Å². The minimum Gasteiger partial charge on any atom is -0.480 e. The van der Waals surface area contributed by atoms with E-state index in [1.807, 2.05) is 6.92 Å². The molecule has 0 saturated carbocycles. The lowest BCUT2D eigenvalue weighted by Crippen LogP contribution is -2.44. The molecule has 1 amide bonds. The van der Waals surface area contributed by atoms with Gasteiger partial charge in [-0.25, -0.2) is 12.7 Å². The van der Waals surface area contributed by atoms with Crippen LogP contribution in [0.25, 0.3) is 0 Å². The molecule has 0 radical (unpaired) electrons. The molecule has 0 spiro atoms. The average molecular weight is 306 g/mol. The maximum atomic E-state index is 12.0. The second kappa shape index (κ2) is 7.58. The first-order chi connectivity index (χ1) is 9.36. The molecule has 8 heteroatoms. The van der Waals surface area contributed by atoms with Crippen molar-refractivity contribution in [1.82, 2.24) is 9.62 Å². The minimum absolute atomic E-state index is 0.152. The molecule has 0 aromatic rings. The van der Waals surface area contributed by atoms with Crippen molar-refractivity contribution in [3.05, 3.63) is 0 Å². The molecule has 0 bridgehead atoms. The number of rotatable bonds is 7. The number of hydrogen-bond donors (Lipinski definition) is 2. The van der Waals surface area contributed by atoms with Crippen LogP contribution in [0.1, 0.15) is 32.6 Å². The van der Waals surface area contributed by atoms with Crippen LogP contribution >= 0.6 is 0 Å². The van der Waals surface area contributed by atoms with Crippen molar-refractivity contribution in [1.29, 1.82) is 0 Å². The van der Waals surface area contributed by atoms with Crippen LogP contribution in [0.2, 0.25) is 0 Å². The number of carbonyl (C=O) groups excluding carboxylic acids is 1. The first-order valence-corrected chi connectivity index (χ1v) is 8.45. The smallest absolute Gasteiger partial charge is 0.322 e. The minimum atomic E-state index is -3.21. The number of carboxylic acid groups (broad SMARTS) is 1. The maximum Gasteiger partial charge on any atom is 0.322 e. The summed E-state index contributed by atoms with van der Waals surface area (Å²) in [6.07, 6.45) is 2.35. The fourth-order valence-electron chi connectivity index (χ4n) is 2.16. The SMILES string of the molecule is CCCCS(=O)(=O)N1CCC(C(=O)NCC(=O)O)CC1. The van der Waals surface area contributed by atoms with Gasteiger partial charge < -0.3 is 10.4 Å². The first kappa shape index (κ1) is 16.9. The molecule has 1 rings (SSSR count). The number of sulfonamides is 1. The summed E-state index contributed by atoms with van der Waals surface area (Å²) in [5.74, 6) is -1.54. The molecular formula is C12H22N2O5S. The molecule has 1 aliphatic rings. The molecule has 1 aliphatic heterocycles. The lowest BCUT2D eigenvalue weighted by Gasteiger charge is -2.30. The van der Waals surface area contributed by atoms with Crippen LogP contribution in [0.5, 0.6) is 0 Å². The third-order valence-electron chi connectivity index (χ3n) is 3.39. The van der Waals surface area contributed by atoms with E-state index in [0.29, 0.717) is 32.4 Å². The van der Waals surface area contributed by atoms with Crippen LogP contribution in [0, 0.1) is 5.92 Å². The van der Waals surface area contributed by atoms with E-state index in [-0.39, 0.29) is 17.6 Å². The van der Waals surface area contributed by atoms with Gasteiger partial charge in [-0.1, -0.05) is 13.3 Å². The number of aliphatic carboxylic acids is 1. The number of hydrogen-bond acceptors (Lipinski definition) is 4. The van der Waals surface area contributed by atoms with Crippen LogP contribution in [0.15, 0.2) is 0 Å². The van der Waals surface area contributed by atoms with Gasteiger partial charge in [0.25, 0.3) is 0 Å². The summed E-state index contributed by atoms with van der Waals surface area (Å²) >= 11 is 0. The van der Waals surface area contributed by atoms with Crippen molar-refractivity contribution in [3.63, 3.8) is 0 Å². The van der Waals surface area contributed by atoms with Crippen LogP contribution in [-0.2, 0) is 19.6 Å². The van der Waals surface area contributed by atoms with Crippen molar-refractivity contribution in [2.75, 3.05) is 25.4 Å². The van der Waals surface area contributed by atoms with Crippen LogP contribution < -0.4 is 5.32 Å². The summed E-state index contributed by atoms with van der Waals surface area (Å²) in [5.41, 5.74) is 0. The first-order valence-electron chi connectivity index (χ1n) is 6.84. The standard InChI is InChI=1S/C12H22N2O5S/c1-2-3-8-20(18,19)14-6-4-10(5-7-14)12(17)13-9-11(15)16/h10H,2-9H2,1H3,(H,13,17)(H,15,16). The summed E-state index contributed by atoms with van der Waals surface area (Å²) in [7, 11) is -3.21. The normalized spacial score (nSPS) is 17.9. The van der Waals surface area contributed by atoms with E-state index in [2.05, 4.69) is 5.32 Å². The highest BCUT2D eigenvalue weighted by atomic mass is 32.2. The Bertz CT molecular complexity index is 441. The van der Waals surface area contributed by atoms with Gasteiger partial charge in [-0.2, -0.15) is 0 Å². The fraction of sp³-hybridized carbons (Fsp3) is 0.833. The van der Waals surface area contributed by atoms with E-state index in [1.165, 1.54) is 4.31 Å². The van der Waals surface area contributed by atoms with Gasteiger partial charge in [0.1, 0.15) is 6.54 Å². The van der Waals surface area contributed by atoms with Crippen molar-refractivity contribution >= 4 is 21.9 Å². The highest BCUT2D eigenvalue weighted by Gasteiger charge is 2.30. The Morgan fingerprint density at radius 3 is 2.40 bits per heavy atom. The van der Waals surface area contributed by atoms with E-state index in [0.717, 1.165) is 6.42 Å². The number of carbonyl (C=O) groups is 2. The van der Waals surface area contributed by atoms with E-state index >= 15 is 0 Å². The van der Waals surface area contributed by atoms with Gasteiger partial charge in [0.05, 0.1) is 5.75 Å². The quantitative estimate of drug-likeness (QED) is 0.690. The van der Waals surface area contributed by atoms with Crippen molar-refractivity contribution in [2.45, 2.75) is 32.6 Å². The molecule has 0 aromatic heterocycles. The van der Waals surface area contributed by atoms with Crippen molar-refractivity contribution in [3.8, 4) is 0 Å². The summed E-state index contributed by atoms with van der Waals surface area (Å²) in [6.45, 7) is 2.21. The zero-order valence-corrected chi connectivity index (χ0v) is 12.5. The molecule has 20 heavy (non-hydrogen) atoms. The predicted molar refractivity (Wildman–Crippen MR) is 73.6 cm³/mol. The number of nitrogens with zero attached hydrogens (tertiary/aromatic N) is 1. The number of nitrogens with one attached hydrogen (secondary N) is 1. The largest absolute Gasteiger partial charge is 0.480 e. The molecule has 116 valence electrons. The van der Waals surface area contributed by atoms with Crippen molar-refractivity contribution in [2.24, 2.45) is 5.92 Å². The Kier molecular flexibility index (Phi) is 6.41. The highest BCUT2D eigenvalue weighted by molar-refractivity contribution is 7.89. The second-order valence-corrected chi connectivity index (χ2v) is 7.04. The Labute approximate surface area is 119 Å². The van der Waals surface area contributed by atoms with Gasteiger partial charge in [-0.3, -0.25) is 9.59 Å². The number of amides is 1. The lowest BCUT2D eigenvalue weighted by atomic mass is 9.97. The molecule has 1 saturated heterocycles. The molecule has 0 atom stereocenters. The predicted octanol–water partition coefficient (Wildman–Crippen LogP) is 0.0291. The molecule has 7 nitrogen and oxygen atoms in total. The average Bonchev–Trinajstić information content (AvgIpc) is 2.42. The lowest BCUT2D eigenvalue weighted by molar-refractivity contribution is -0.138. The summed E-state index contributed by atoms with van der Waals surface area (Å²) in [5, 5.41) is 10.8. The summed E-state index contributed by atoms with van der Waals surface area (Å²) < 4.78 is 25.4. The van der Waals surface area contributed by atoms with Gasteiger partial charge in [0.2, 0.25) is 15.9 Å². The van der Waals surface area contributed by atoms with Gasteiger partial charge in [0.15, 0.2) is 0 Å². The van der Waals surface area contributed by atoms with Crippen LogP contribution in [0.3, 0.4) is 0 Å². The molecule has 0 unspecified atom stereocenters. The Balaban J connectivity index is 2.43. The summed E-state index contributed by atoms with van der Waals surface area (Å²) in [4.78, 5) is 22.1. The Hall–Kier alpha value is -1.15.